The zero-order valence-electron chi connectivity index (χ0n) is 8.65. The summed E-state index contributed by atoms with van der Waals surface area (Å²) in [5.74, 6) is 0. The molecule has 0 heteroatoms. The largest absolute Gasteiger partial charge is 0.0848 e. The van der Waals surface area contributed by atoms with Crippen molar-refractivity contribution in [2.45, 2.75) is 47.5 Å². The van der Waals surface area contributed by atoms with Gasteiger partial charge in [0.15, 0.2) is 0 Å². The summed E-state index contributed by atoms with van der Waals surface area (Å²) in [6.07, 6.45) is 8.75. The summed E-state index contributed by atoms with van der Waals surface area (Å²) in [5, 5.41) is 0. The summed E-state index contributed by atoms with van der Waals surface area (Å²) in [4.78, 5) is 0. The molecular formula is C11H22. The quantitative estimate of drug-likeness (QED) is 0.531. The first-order valence-corrected chi connectivity index (χ1v) is 4.63. The van der Waals surface area contributed by atoms with Gasteiger partial charge < -0.3 is 0 Å². The molecule has 0 N–H and O–H groups in total. The molecule has 0 fully saturated rings. The van der Waals surface area contributed by atoms with Crippen molar-refractivity contribution in [2.75, 3.05) is 0 Å². The maximum atomic E-state index is 2.17. The van der Waals surface area contributed by atoms with Gasteiger partial charge >= 0.3 is 0 Å². The maximum absolute atomic E-state index is 2.17. The Morgan fingerprint density at radius 1 is 1.18 bits per heavy atom. The third-order valence-corrected chi connectivity index (χ3v) is 1.31. The Morgan fingerprint density at radius 3 is 2.09 bits per heavy atom. The highest BCUT2D eigenvalue weighted by molar-refractivity contribution is 5.09. The highest BCUT2D eigenvalue weighted by Crippen LogP contribution is 1.97. The van der Waals surface area contributed by atoms with Crippen LogP contribution >= 0.6 is 0 Å². The Labute approximate surface area is 72.0 Å². The normalized spacial score (nSPS) is 11.2. The first kappa shape index (κ1) is 13.1. The standard InChI is InChI=1S/C9H16.C2H6/c1-4-6-7-8-9(3)5-2;1-2/h6-8H,4-5H2,1-3H3;1-2H3/b7-6-,9-8-;. The van der Waals surface area contributed by atoms with E-state index in [2.05, 4.69) is 39.0 Å². The van der Waals surface area contributed by atoms with Crippen molar-refractivity contribution in [2.24, 2.45) is 0 Å². The lowest BCUT2D eigenvalue weighted by atomic mass is 10.2. The van der Waals surface area contributed by atoms with Crippen LogP contribution in [-0.4, -0.2) is 0 Å². The fourth-order valence-corrected chi connectivity index (χ4v) is 0.486. The van der Waals surface area contributed by atoms with Gasteiger partial charge in [0.25, 0.3) is 0 Å². The molecule has 0 atom stereocenters. The molecule has 0 amide bonds. The number of rotatable bonds is 3. The molecule has 0 saturated carbocycles. The van der Waals surface area contributed by atoms with Gasteiger partial charge in [-0.15, -0.1) is 0 Å². The van der Waals surface area contributed by atoms with E-state index in [-0.39, 0.29) is 0 Å². The van der Waals surface area contributed by atoms with E-state index in [9.17, 15) is 0 Å². The SMILES string of the molecule is CC.CC/C=C\C=C(\C)CC. The average molecular weight is 154 g/mol. The second kappa shape index (κ2) is 12.2. The Balaban J connectivity index is 0. The minimum absolute atomic E-state index is 1.13. The number of hydrogen-bond acceptors (Lipinski definition) is 0. The molecule has 0 aliphatic rings. The molecule has 0 rings (SSSR count). The zero-order chi connectivity index (χ0) is 9.11. The lowest BCUT2D eigenvalue weighted by molar-refractivity contribution is 1.10. The molecule has 0 aliphatic heterocycles. The molecule has 66 valence electrons. The van der Waals surface area contributed by atoms with E-state index in [1.807, 2.05) is 13.8 Å². The predicted octanol–water partition coefficient (Wildman–Crippen LogP) is 4.34. The molecule has 0 aromatic heterocycles. The van der Waals surface area contributed by atoms with Gasteiger partial charge in [0.1, 0.15) is 0 Å². The summed E-state index contributed by atoms with van der Waals surface area (Å²) in [7, 11) is 0. The summed E-state index contributed by atoms with van der Waals surface area (Å²) in [6.45, 7) is 10.5. The van der Waals surface area contributed by atoms with Crippen molar-refractivity contribution in [3.63, 3.8) is 0 Å². The predicted molar refractivity (Wildman–Crippen MR) is 54.8 cm³/mol. The van der Waals surface area contributed by atoms with Crippen LogP contribution in [-0.2, 0) is 0 Å². The van der Waals surface area contributed by atoms with Crippen LogP contribution in [0.4, 0.5) is 0 Å². The van der Waals surface area contributed by atoms with Gasteiger partial charge in [-0.3, -0.25) is 0 Å². The molecule has 0 radical (unpaired) electrons. The van der Waals surface area contributed by atoms with Gasteiger partial charge in [-0.25, -0.2) is 0 Å². The molecule has 0 aromatic rings. The molecule has 0 unspecified atom stereocenters. The molecular weight excluding hydrogens is 132 g/mol. The van der Waals surface area contributed by atoms with Gasteiger partial charge in [-0.1, -0.05) is 51.5 Å². The van der Waals surface area contributed by atoms with E-state index in [1.165, 1.54) is 5.57 Å². The maximum Gasteiger partial charge on any atom is -0.0349 e. The lowest BCUT2D eigenvalue weighted by Gasteiger charge is -1.87. The summed E-state index contributed by atoms with van der Waals surface area (Å²) >= 11 is 0. The molecule has 0 bridgehead atoms. The van der Waals surface area contributed by atoms with Gasteiger partial charge in [0, 0.05) is 0 Å². The second-order valence-electron chi connectivity index (χ2n) is 2.20. The van der Waals surface area contributed by atoms with Crippen molar-refractivity contribution >= 4 is 0 Å². The highest BCUT2D eigenvalue weighted by Gasteiger charge is 1.76. The van der Waals surface area contributed by atoms with Gasteiger partial charge in [-0.2, -0.15) is 0 Å². The van der Waals surface area contributed by atoms with Crippen LogP contribution in [0.1, 0.15) is 47.5 Å². The fraction of sp³-hybridized carbons (Fsp3) is 0.636. The van der Waals surface area contributed by atoms with Crippen LogP contribution in [0.2, 0.25) is 0 Å². The van der Waals surface area contributed by atoms with Crippen molar-refractivity contribution < 1.29 is 0 Å². The summed E-state index contributed by atoms with van der Waals surface area (Å²) in [6, 6.07) is 0. The third-order valence-electron chi connectivity index (χ3n) is 1.31. The second-order valence-corrected chi connectivity index (χ2v) is 2.20. The Kier molecular flexibility index (Phi) is 14.5. The van der Waals surface area contributed by atoms with E-state index in [0.717, 1.165) is 12.8 Å². The van der Waals surface area contributed by atoms with Crippen LogP contribution in [0.3, 0.4) is 0 Å². The lowest BCUT2D eigenvalue weighted by Crippen LogP contribution is -1.66. The van der Waals surface area contributed by atoms with E-state index >= 15 is 0 Å². The molecule has 0 saturated heterocycles. The van der Waals surface area contributed by atoms with Gasteiger partial charge in [0.05, 0.1) is 0 Å². The fourth-order valence-electron chi connectivity index (χ4n) is 0.486. The summed E-state index contributed by atoms with van der Waals surface area (Å²) < 4.78 is 0. The minimum atomic E-state index is 1.13. The topological polar surface area (TPSA) is 0 Å². The van der Waals surface area contributed by atoms with Crippen LogP contribution in [0, 0.1) is 0 Å². The van der Waals surface area contributed by atoms with E-state index in [0.29, 0.717) is 0 Å². The van der Waals surface area contributed by atoms with E-state index in [4.69, 9.17) is 0 Å². The first-order valence-electron chi connectivity index (χ1n) is 4.63. The van der Waals surface area contributed by atoms with Gasteiger partial charge in [0.2, 0.25) is 0 Å². The summed E-state index contributed by atoms with van der Waals surface area (Å²) in [5.41, 5.74) is 1.44. The van der Waals surface area contributed by atoms with E-state index in [1.54, 1.807) is 0 Å². The number of allylic oxidation sites excluding steroid dienone is 4. The zero-order valence-corrected chi connectivity index (χ0v) is 8.65. The van der Waals surface area contributed by atoms with Gasteiger partial charge in [-0.05, 0) is 19.8 Å². The Morgan fingerprint density at radius 2 is 1.73 bits per heavy atom. The van der Waals surface area contributed by atoms with Crippen LogP contribution in [0.15, 0.2) is 23.8 Å². The molecule has 0 aliphatic carbocycles. The Hall–Kier alpha value is -0.520. The molecule has 0 nitrogen and oxygen atoms in total. The monoisotopic (exact) mass is 154 g/mol. The van der Waals surface area contributed by atoms with Crippen molar-refractivity contribution in [1.29, 1.82) is 0 Å². The average Bonchev–Trinajstić information content (AvgIpc) is 2.08. The minimum Gasteiger partial charge on any atom is -0.0848 e. The first-order chi connectivity index (χ1) is 5.31. The van der Waals surface area contributed by atoms with E-state index < -0.39 is 0 Å². The third kappa shape index (κ3) is 12.6. The highest BCUT2D eigenvalue weighted by atomic mass is 13.8. The van der Waals surface area contributed by atoms with Crippen LogP contribution in [0.5, 0.6) is 0 Å². The number of hydrogen-bond donors (Lipinski definition) is 0. The molecule has 0 aromatic carbocycles. The molecule has 11 heavy (non-hydrogen) atoms. The Bertz CT molecular complexity index is 107. The smallest absolute Gasteiger partial charge is 0.0349 e. The molecule has 0 spiro atoms. The molecule has 0 heterocycles. The van der Waals surface area contributed by atoms with Crippen LogP contribution < -0.4 is 0 Å². The van der Waals surface area contributed by atoms with Crippen LogP contribution in [0.25, 0.3) is 0 Å². The van der Waals surface area contributed by atoms with Crippen molar-refractivity contribution in [3.05, 3.63) is 23.8 Å². The van der Waals surface area contributed by atoms with Crippen molar-refractivity contribution in [3.8, 4) is 0 Å². The van der Waals surface area contributed by atoms with Crippen molar-refractivity contribution in [1.82, 2.24) is 0 Å².